The van der Waals surface area contributed by atoms with Gasteiger partial charge in [-0.3, -0.25) is 4.79 Å². The lowest BCUT2D eigenvalue weighted by Gasteiger charge is -1.98. The number of furan rings is 1. The number of nitrogens with one attached hydrogen (secondary N) is 1. The Bertz CT molecular complexity index is 1100. The predicted octanol–water partition coefficient (Wildman–Crippen LogP) is 3.59. The Labute approximate surface area is 165 Å². The number of para-hydroxylation sites is 1. The van der Waals surface area contributed by atoms with Gasteiger partial charge in [-0.1, -0.05) is 18.2 Å². The van der Waals surface area contributed by atoms with Crippen LogP contribution in [0.4, 0.5) is 0 Å². The minimum atomic E-state index is -0.222. The molecule has 8 heteroatoms. The molecule has 3 aromatic heterocycles. The van der Waals surface area contributed by atoms with E-state index in [1.165, 1.54) is 11.3 Å². The first-order chi connectivity index (χ1) is 13.7. The summed E-state index contributed by atoms with van der Waals surface area (Å²) in [7, 11) is 0. The molecule has 1 aromatic carbocycles. The summed E-state index contributed by atoms with van der Waals surface area (Å²) in [4.78, 5) is 16.3. The Morgan fingerprint density at radius 3 is 2.86 bits per heavy atom. The summed E-state index contributed by atoms with van der Waals surface area (Å²) < 4.78 is 7.24. The van der Waals surface area contributed by atoms with Crippen LogP contribution in [-0.4, -0.2) is 26.9 Å². The molecule has 28 heavy (non-hydrogen) atoms. The fraction of sp³-hybridized carbons (Fsp3) is 0.100. The molecule has 0 spiro atoms. The lowest BCUT2D eigenvalue weighted by molar-refractivity contribution is -0.120. The van der Waals surface area contributed by atoms with Crippen LogP contribution in [0.3, 0.4) is 0 Å². The fourth-order valence-electron chi connectivity index (χ4n) is 2.63. The van der Waals surface area contributed by atoms with Gasteiger partial charge in [-0.25, -0.2) is 15.1 Å². The molecule has 3 heterocycles. The molecule has 0 saturated carbocycles. The van der Waals surface area contributed by atoms with E-state index in [1.54, 1.807) is 23.2 Å². The highest BCUT2D eigenvalue weighted by molar-refractivity contribution is 7.09. The Morgan fingerprint density at radius 1 is 1.29 bits per heavy atom. The van der Waals surface area contributed by atoms with Crippen LogP contribution in [0.1, 0.15) is 16.3 Å². The largest absolute Gasteiger partial charge is 0.463 e. The van der Waals surface area contributed by atoms with Crippen LogP contribution in [0.2, 0.25) is 0 Å². The van der Waals surface area contributed by atoms with Gasteiger partial charge in [0.25, 0.3) is 0 Å². The summed E-state index contributed by atoms with van der Waals surface area (Å²) >= 11 is 1.46. The minimum Gasteiger partial charge on any atom is -0.463 e. The van der Waals surface area contributed by atoms with Crippen molar-refractivity contribution in [2.24, 2.45) is 5.10 Å². The highest BCUT2D eigenvalue weighted by atomic mass is 32.1. The lowest BCUT2D eigenvalue weighted by atomic mass is 10.2. The highest BCUT2D eigenvalue weighted by Gasteiger charge is 2.13. The molecule has 0 bridgehead atoms. The molecule has 0 aliphatic carbocycles. The number of benzene rings is 1. The summed E-state index contributed by atoms with van der Waals surface area (Å²) in [6.07, 6.45) is 5.20. The van der Waals surface area contributed by atoms with Crippen LogP contribution < -0.4 is 5.43 Å². The minimum absolute atomic E-state index is 0.199. The van der Waals surface area contributed by atoms with E-state index in [4.69, 9.17) is 4.42 Å². The number of carbonyl (C=O) groups excluding carboxylic acids is 1. The molecule has 4 aromatic rings. The van der Waals surface area contributed by atoms with Crippen molar-refractivity contribution in [1.29, 1.82) is 0 Å². The third-order valence-corrected chi connectivity index (χ3v) is 4.86. The second-order valence-electron chi connectivity index (χ2n) is 6.04. The number of hydrogen-bond donors (Lipinski definition) is 1. The maximum absolute atomic E-state index is 12.1. The highest BCUT2D eigenvalue weighted by Crippen LogP contribution is 2.23. The van der Waals surface area contributed by atoms with Gasteiger partial charge in [-0.05, 0) is 31.2 Å². The van der Waals surface area contributed by atoms with Crippen molar-refractivity contribution in [1.82, 2.24) is 20.2 Å². The number of aromatic nitrogens is 3. The van der Waals surface area contributed by atoms with E-state index in [9.17, 15) is 4.79 Å². The summed E-state index contributed by atoms with van der Waals surface area (Å²) in [6, 6.07) is 13.4. The number of carbonyl (C=O) groups is 1. The van der Waals surface area contributed by atoms with E-state index in [0.717, 1.165) is 22.0 Å². The van der Waals surface area contributed by atoms with Crippen molar-refractivity contribution in [2.75, 3.05) is 0 Å². The summed E-state index contributed by atoms with van der Waals surface area (Å²) in [5.74, 6) is 0.404. The number of hydrazone groups is 1. The maximum Gasteiger partial charge on any atom is 0.246 e. The Balaban J connectivity index is 1.53. The van der Waals surface area contributed by atoms with Crippen molar-refractivity contribution < 1.29 is 9.21 Å². The molecule has 7 nitrogen and oxygen atoms in total. The quantitative estimate of drug-likeness (QED) is 0.402. The normalized spacial score (nSPS) is 11.2. The standard InChI is InChI=1S/C20H17N5O2S/c1-14-13-28-19(22-14)10-18(26)23-21-11-15-12-25(16-6-3-2-4-7-16)24-20(15)17-8-5-9-27-17/h2-9,11-13H,10H2,1H3,(H,23,26)/b21-11-. The first kappa shape index (κ1) is 17.9. The molecule has 4 rings (SSSR count). The van der Waals surface area contributed by atoms with Crippen molar-refractivity contribution in [3.05, 3.63) is 76.6 Å². The average Bonchev–Trinajstić information content (AvgIpc) is 3.43. The average molecular weight is 391 g/mol. The molecule has 0 fully saturated rings. The van der Waals surface area contributed by atoms with Gasteiger partial charge in [0, 0.05) is 22.8 Å². The van der Waals surface area contributed by atoms with Crippen LogP contribution in [-0.2, 0) is 11.2 Å². The third-order valence-electron chi connectivity index (χ3n) is 3.89. The van der Waals surface area contributed by atoms with Gasteiger partial charge in [0.05, 0.1) is 24.6 Å². The van der Waals surface area contributed by atoms with E-state index < -0.39 is 0 Å². The van der Waals surface area contributed by atoms with Crippen LogP contribution in [0, 0.1) is 6.92 Å². The zero-order valence-corrected chi connectivity index (χ0v) is 15.9. The molecular formula is C20H17N5O2S. The SMILES string of the molecule is Cc1csc(CC(=O)N/N=C\c2cn(-c3ccccc3)nc2-c2ccco2)n1. The molecule has 1 amide bonds. The molecule has 140 valence electrons. The van der Waals surface area contributed by atoms with Crippen LogP contribution in [0.15, 0.2) is 69.8 Å². The van der Waals surface area contributed by atoms with Gasteiger partial charge in [0.15, 0.2) is 5.76 Å². The molecule has 0 radical (unpaired) electrons. The molecule has 0 saturated heterocycles. The molecular weight excluding hydrogens is 374 g/mol. The van der Waals surface area contributed by atoms with Gasteiger partial charge < -0.3 is 4.42 Å². The molecule has 0 atom stereocenters. The second kappa shape index (κ2) is 8.01. The molecule has 0 aliphatic heterocycles. The van der Waals surface area contributed by atoms with E-state index in [-0.39, 0.29) is 12.3 Å². The molecule has 1 N–H and O–H groups in total. The van der Waals surface area contributed by atoms with Crippen molar-refractivity contribution >= 4 is 23.5 Å². The smallest absolute Gasteiger partial charge is 0.246 e. The van der Waals surface area contributed by atoms with Crippen LogP contribution >= 0.6 is 11.3 Å². The number of aryl methyl sites for hydroxylation is 1. The predicted molar refractivity (Wildman–Crippen MR) is 108 cm³/mol. The third kappa shape index (κ3) is 4.07. The summed E-state index contributed by atoms with van der Waals surface area (Å²) in [6.45, 7) is 1.90. The Morgan fingerprint density at radius 2 is 2.14 bits per heavy atom. The fourth-order valence-corrected chi connectivity index (χ4v) is 3.40. The first-order valence-corrected chi connectivity index (χ1v) is 9.49. The molecule has 0 aliphatic rings. The van der Waals surface area contributed by atoms with Crippen molar-refractivity contribution in [3.63, 3.8) is 0 Å². The monoisotopic (exact) mass is 391 g/mol. The lowest BCUT2D eigenvalue weighted by Crippen LogP contribution is -2.19. The number of nitrogens with zero attached hydrogens (tertiary/aromatic N) is 4. The van der Waals surface area contributed by atoms with Gasteiger partial charge in [0.1, 0.15) is 10.7 Å². The van der Waals surface area contributed by atoms with Crippen molar-refractivity contribution in [3.8, 4) is 17.1 Å². The summed E-state index contributed by atoms with van der Waals surface area (Å²) in [5.41, 5.74) is 5.73. The maximum atomic E-state index is 12.1. The van der Waals surface area contributed by atoms with Gasteiger partial charge in [-0.2, -0.15) is 10.2 Å². The van der Waals surface area contributed by atoms with E-state index in [2.05, 4.69) is 20.6 Å². The van der Waals surface area contributed by atoms with Gasteiger partial charge >= 0.3 is 0 Å². The topological polar surface area (TPSA) is 85.3 Å². The Hall–Kier alpha value is -3.52. The summed E-state index contributed by atoms with van der Waals surface area (Å²) in [5, 5.41) is 11.4. The number of thiazole rings is 1. The van der Waals surface area contributed by atoms with E-state index in [1.807, 2.05) is 54.9 Å². The van der Waals surface area contributed by atoms with Gasteiger partial charge in [0.2, 0.25) is 5.91 Å². The van der Waals surface area contributed by atoms with E-state index in [0.29, 0.717) is 11.5 Å². The molecule has 0 unspecified atom stereocenters. The zero-order valence-electron chi connectivity index (χ0n) is 15.1. The number of hydrogen-bond acceptors (Lipinski definition) is 6. The second-order valence-corrected chi connectivity index (χ2v) is 6.99. The number of rotatable bonds is 6. The van der Waals surface area contributed by atoms with E-state index >= 15 is 0 Å². The Kier molecular flexibility index (Phi) is 5.11. The van der Waals surface area contributed by atoms with Gasteiger partial charge in [-0.15, -0.1) is 11.3 Å². The van der Waals surface area contributed by atoms with Crippen LogP contribution in [0.5, 0.6) is 0 Å². The first-order valence-electron chi connectivity index (χ1n) is 8.61. The number of amides is 1. The zero-order chi connectivity index (χ0) is 19.3. The van der Waals surface area contributed by atoms with Crippen LogP contribution in [0.25, 0.3) is 17.1 Å². The van der Waals surface area contributed by atoms with Crippen molar-refractivity contribution in [2.45, 2.75) is 13.3 Å².